The molecule has 1 fully saturated rings. The molecule has 1 aromatic heterocycles. The zero-order valence-electron chi connectivity index (χ0n) is 22.7. The van der Waals surface area contributed by atoms with Gasteiger partial charge in [0.1, 0.15) is 11.4 Å². The molecule has 3 aromatic rings. The maximum absolute atomic E-state index is 12.4. The Morgan fingerprint density at radius 3 is 2.53 bits per heavy atom. The average molecular weight is 518 g/mol. The Morgan fingerprint density at radius 1 is 1.03 bits per heavy atom. The molecule has 0 unspecified atom stereocenters. The number of nitrogens with one attached hydrogen (secondary N) is 1. The fraction of sp³-hybridized carbons (Fsp3) is 0.419. The number of unbranched alkanes of at least 4 members (excludes halogenated alkanes) is 1. The van der Waals surface area contributed by atoms with E-state index in [0.717, 1.165) is 41.5 Å². The highest BCUT2D eigenvalue weighted by atomic mass is 16.5. The minimum atomic E-state index is -0.124. The quantitative estimate of drug-likeness (QED) is 0.370. The van der Waals surface area contributed by atoms with Crippen molar-refractivity contribution in [2.75, 3.05) is 26.3 Å². The molecular weight excluding hydrogens is 478 g/mol. The second-order valence-electron chi connectivity index (χ2n) is 10.7. The third-order valence-corrected chi connectivity index (χ3v) is 7.45. The Balaban J connectivity index is 1.33. The molecule has 2 N–H and O–H groups in total. The SMILES string of the molecule is Cn1cccc1C(=O)NCc1cccc(-c2ccc(C(C)(C)CCCCC(=O)N3CCOCC3)cc2O)c1. The average Bonchev–Trinajstić information content (AvgIpc) is 3.36. The van der Waals surface area contributed by atoms with Gasteiger partial charge in [-0.3, -0.25) is 9.59 Å². The van der Waals surface area contributed by atoms with Crippen molar-refractivity contribution in [3.8, 4) is 16.9 Å². The van der Waals surface area contributed by atoms with E-state index in [2.05, 4.69) is 25.2 Å². The molecule has 2 amide bonds. The monoisotopic (exact) mass is 517 g/mol. The minimum absolute atomic E-state index is 0.122. The largest absolute Gasteiger partial charge is 0.507 e. The van der Waals surface area contributed by atoms with E-state index in [0.29, 0.717) is 45.0 Å². The zero-order valence-corrected chi connectivity index (χ0v) is 22.7. The number of benzene rings is 2. The number of ether oxygens (including phenoxy) is 1. The summed E-state index contributed by atoms with van der Waals surface area (Å²) in [6.07, 6.45) is 5.15. The summed E-state index contributed by atoms with van der Waals surface area (Å²) in [5, 5.41) is 13.9. The van der Waals surface area contributed by atoms with Crippen LogP contribution in [0.5, 0.6) is 5.75 Å². The van der Waals surface area contributed by atoms with E-state index in [-0.39, 0.29) is 23.0 Å². The number of hydrogen-bond donors (Lipinski definition) is 2. The Morgan fingerprint density at radius 2 is 1.82 bits per heavy atom. The van der Waals surface area contributed by atoms with Crippen LogP contribution in [0.1, 0.15) is 61.1 Å². The molecule has 0 spiro atoms. The van der Waals surface area contributed by atoms with Crippen LogP contribution in [0.3, 0.4) is 0 Å². The summed E-state index contributed by atoms with van der Waals surface area (Å²) in [6, 6.07) is 17.4. The van der Waals surface area contributed by atoms with Crippen molar-refractivity contribution in [3.63, 3.8) is 0 Å². The summed E-state index contributed by atoms with van der Waals surface area (Å²) in [5.74, 6) is 0.334. The first kappa shape index (κ1) is 27.5. The molecule has 0 aliphatic carbocycles. The molecule has 7 nitrogen and oxygen atoms in total. The zero-order chi connectivity index (χ0) is 27.1. The van der Waals surface area contributed by atoms with Gasteiger partial charge in [0.2, 0.25) is 5.91 Å². The van der Waals surface area contributed by atoms with E-state index in [1.54, 1.807) is 10.6 Å². The van der Waals surface area contributed by atoms with Crippen LogP contribution >= 0.6 is 0 Å². The number of hydrogen-bond acceptors (Lipinski definition) is 4. The number of aromatic nitrogens is 1. The maximum atomic E-state index is 12.4. The van der Waals surface area contributed by atoms with Gasteiger partial charge in [-0.1, -0.05) is 50.6 Å². The number of carbonyl (C=O) groups is 2. The first-order chi connectivity index (χ1) is 18.2. The van der Waals surface area contributed by atoms with Gasteiger partial charge in [-0.15, -0.1) is 0 Å². The number of carbonyl (C=O) groups excluding carboxylic acids is 2. The topological polar surface area (TPSA) is 83.8 Å². The number of nitrogens with zero attached hydrogens (tertiary/aromatic N) is 2. The lowest BCUT2D eigenvalue weighted by Gasteiger charge is -2.28. The molecule has 2 aromatic carbocycles. The molecule has 38 heavy (non-hydrogen) atoms. The fourth-order valence-electron chi connectivity index (χ4n) is 4.97. The number of morpholine rings is 1. The van der Waals surface area contributed by atoms with Gasteiger partial charge < -0.3 is 24.6 Å². The van der Waals surface area contributed by atoms with E-state index < -0.39 is 0 Å². The molecule has 2 heterocycles. The maximum Gasteiger partial charge on any atom is 0.268 e. The van der Waals surface area contributed by atoms with E-state index in [4.69, 9.17) is 4.74 Å². The lowest BCUT2D eigenvalue weighted by atomic mass is 9.79. The molecule has 1 saturated heterocycles. The fourth-order valence-corrected chi connectivity index (χ4v) is 4.97. The Hall–Kier alpha value is -3.58. The van der Waals surface area contributed by atoms with Crippen molar-refractivity contribution >= 4 is 11.8 Å². The van der Waals surface area contributed by atoms with Crippen molar-refractivity contribution in [3.05, 3.63) is 77.6 Å². The van der Waals surface area contributed by atoms with Gasteiger partial charge in [0.05, 0.1) is 13.2 Å². The van der Waals surface area contributed by atoms with Crippen molar-refractivity contribution in [1.29, 1.82) is 0 Å². The lowest BCUT2D eigenvalue weighted by Crippen LogP contribution is -2.40. The van der Waals surface area contributed by atoms with Crippen molar-refractivity contribution in [2.24, 2.45) is 7.05 Å². The summed E-state index contributed by atoms with van der Waals surface area (Å²) < 4.78 is 7.12. The van der Waals surface area contributed by atoms with Crippen LogP contribution in [0.2, 0.25) is 0 Å². The molecule has 202 valence electrons. The highest BCUT2D eigenvalue weighted by Crippen LogP contribution is 2.36. The van der Waals surface area contributed by atoms with Crippen LogP contribution in [-0.2, 0) is 28.5 Å². The van der Waals surface area contributed by atoms with Gasteiger partial charge in [0.15, 0.2) is 0 Å². The Labute approximate surface area is 225 Å². The highest BCUT2D eigenvalue weighted by molar-refractivity contribution is 5.92. The van der Waals surface area contributed by atoms with Crippen LogP contribution < -0.4 is 5.32 Å². The van der Waals surface area contributed by atoms with Gasteiger partial charge in [-0.25, -0.2) is 0 Å². The van der Waals surface area contributed by atoms with Crippen molar-refractivity contribution < 1.29 is 19.4 Å². The first-order valence-corrected chi connectivity index (χ1v) is 13.4. The Bertz CT molecular complexity index is 1260. The summed E-state index contributed by atoms with van der Waals surface area (Å²) in [6.45, 7) is 7.42. The second kappa shape index (κ2) is 12.3. The number of aromatic hydroxyl groups is 1. The van der Waals surface area contributed by atoms with E-state index in [9.17, 15) is 14.7 Å². The second-order valence-corrected chi connectivity index (χ2v) is 10.7. The number of amides is 2. The van der Waals surface area contributed by atoms with Gasteiger partial charge in [0.25, 0.3) is 5.91 Å². The molecule has 0 bridgehead atoms. The molecule has 0 radical (unpaired) electrons. The normalized spacial score (nSPS) is 13.9. The van der Waals surface area contributed by atoms with Crippen LogP contribution in [0.15, 0.2) is 60.8 Å². The number of rotatable bonds is 10. The van der Waals surface area contributed by atoms with Gasteiger partial charge >= 0.3 is 0 Å². The first-order valence-electron chi connectivity index (χ1n) is 13.4. The number of aryl methyl sites for hydroxylation is 1. The molecular formula is C31H39N3O4. The summed E-state index contributed by atoms with van der Waals surface area (Å²) in [4.78, 5) is 26.7. The van der Waals surface area contributed by atoms with E-state index in [1.807, 2.05) is 60.6 Å². The van der Waals surface area contributed by atoms with Crippen LogP contribution in [0.4, 0.5) is 0 Å². The van der Waals surface area contributed by atoms with Crippen LogP contribution in [0, 0.1) is 0 Å². The summed E-state index contributed by atoms with van der Waals surface area (Å²) in [5.41, 5.74) is 4.18. The Kier molecular flexibility index (Phi) is 8.89. The van der Waals surface area contributed by atoms with Crippen LogP contribution in [-0.4, -0.2) is 52.7 Å². The smallest absolute Gasteiger partial charge is 0.268 e. The predicted molar refractivity (Wildman–Crippen MR) is 149 cm³/mol. The summed E-state index contributed by atoms with van der Waals surface area (Å²) >= 11 is 0. The van der Waals surface area contributed by atoms with Gasteiger partial charge in [-0.2, -0.15) is 0 Å². The number of phenols is 1. The standard InChI is InChI=1S/C31H39N3O4/c1-31(2,14-5-4-11-29(36)34-16-18-38-19-17-34)25-12-13-26(28(35)21-25)24-9-6-8-23(20-24)22-32-30(37)27-10-7-15-33(27)3/h6-10,12-13,15,20-21,35H,4-5,11,14,16-19,22H2,1-3H3,(H,32,37). The minimum Gasteiger partial charge on any atom is -0.507 e. The van der Waals surface area contributed by atoms with Crippen molar-refractivity contribution in [2.45, 2.75) is 51.5 Å². The molecule has 4 rings (SSSR count). The predicted octanol–water partition coefficient (Wildman–Crippen LogP) is 5.02. The van der Waals surface area contributed by atoms with Gasteiger partial charge in [-0.05, 0) is 59.2 Å². The van der Waals surface area contributed by atoms with Crippen molar-refractivity contribution in [1.82, 2.24) is 14.8 Å². The summed E-state index contributed by atoms with van der Waals surface area (Å²) in [7, 11) is 1.84. The molecule has 7 heteroatoms. The highest BCUT2D eigenvalue weighted by Gasteiger charge is 2.23. The van der Waals surface area contributed by atoms with Crippen LogP contribution in [0.25, 0.3) is 11.1 Å². The lowest BCUT2D eigenvalue weighted by molar-refractivity contribution is -0.135. The molecule has 0 saturated carbocycles. The third-order valence-electron chi connectivity index (χ3n) is 7.45. The molecule has 1 aliphatic heterocycles. The number of phenolic OH excluding ortho intramolecular Hbond substituents is 1. The third kappa shape index (κ3) is 6.84. The molecule has 1 aliphatic rings. The van der Waals surface area contributed by atoms with E-state index >= 15 is 0 Å². The molecule has 0 atom stereocenters. The van der Waals surface area contributed by atoms with Gasteiger partial charge in [0, 0.05) is 44.9 Å². The van der Waals surface area contributed by atoms with E-state index in [1.165, 1.54) is 0 Å².